The molecule has 4 atom stereocenters. The number of hydrogen-bond acceptors (Lipinski definition) is 10. The molecule has 14 heteroatoms. The van der Waals surface area contributed by atoms with Crippen LogP contribution in [-0.4, -0.2) is 28.4 Å². The summed E-state index contributed by atoms with van der Waals surface area (Å²) in [6.45, 7) is 1.54. The van der Waals surface area contributed by atoms with Gasteiger partial charge in [0.2, 0.25) is 11.4 Å². The number of halogens is 1. The lowest BCUT2D eigenvalue weighted by Gasteiger charge is -2.15. The Morgan fingerprint density at radius 1 is 1.12 bits per heavy atom. The molecule has 1 fully saturated rings. The minimum absolute atomic E-state index is 0.0133. The maximum absolute atomic E-state index is 12.9. The topological polar surface area (TPSA) is 167 Å². The number of hydrogen-bond donors (Lipinski definition) is 0. The van der Waals surface area contributed by atoms with Gasteiger partial charge in [0, 0.05) is 17.5 Å². The van der Waals surface area contributed by atoms with Gasteiger partial charge in [-0.2, -0.15) is 4.73 Å². The number of pyridine rings is 1. The van der Waals surface area contributed by atoms with Crippen molar-refractivity contribution in [2.24, 2.45) is 5.92 Å². The third kappa shape index (κ3) is 4.65. The first kappa shape index (κ1) is 23.4. The van der Waals surface area contributed by atoms with E-state index in [4.69, 9.17) is 21.1 Å². The van der Waals surface area contributed by atoms with E-state index in [0.29, 0.717) is 20.9 Å². The summed E-state index contributed by atoms with van der Waals surface area (Å²) in [7, 11) is 0. The number of rotatable bonds is 7. The Kier molecular flexibility index (Phi) is 6.39. The minimum atomic E-state index is -1.32. The third-order valence-electron chi connectivity index (χ3n) is 5.81. The van der Waals surface area contributed by atoms with Gasteiger partial charge in [-0.05, 0) is 30.5 Å². The fourth-order valence-corrected chi connectivity index (χ4v) is 4.34. The number of benzene rings is 1. The smallest absolute Gasteiger partial charge is 0.314 e. The van der Waals surface area contributed by atoms with Crippen LogP contribution in [0.3, 0.4) is 0 Å². The fraction of sp³-hybridized carbons (Fsp3) is 0.400. The predicted octanol–water partition coefficient (Wildman–Crippen LogP) is 2.37. The van der Waals surface area contributed by atoms with E-state index in [-0.39, 0.29) is 30.9 Å². The van der Waals surface area contributed by atoms with Crippen molar-refractivity contribution in [2.75, 3.05) is 0 Å². The monoisotopic (exact) mass is 495 g/mol. The Morgan fingerprint density at radius 3 is 2.26 bits per heavy atom. The van der Waals surface area contributed by atoms with Crippen LogP contribution in [0, 0.1) is 38.3 Å². The molecule has 1 unspecified atom stereocenters. The van der Waals surface area contributed by atoms with Crippen molar-refractivity contribution in [1.29, 1.82) is 0 Å². The van der Waals surface area contributed by atoms with Crippen molar-refractivity contribution in [2.45, 2.75) is 44.7 Å². The number of aromatic nitrogens is 1. The summed E-state index contributed by atoms with van der Waals surface area (Å²) in [5, 5.41) is 32.3. The summed E-state index contributed by atoms with van der Waals surface area (Å²) in [6, 6.07) is 6.88. The summed E-state index contributed by atoms with van der Waals surface area (Å²) >= 11 is 5.94. The van der Waals surface area contributed by atoms with E-state index in [9.17, 15) is 30.2 Å². The molecule has 0 N–H and O–H groups in total. The molecule has 0 spiro atoms. The summed E-state index contributed by atoms with van der Waals surface area (Å²) in [4.78, 5) is 43.2. The van der Waals surface area contributed by atoms with Crippen molar-refractivity contribution in [3.05, 3.63) is 83.3 Å². The number of fused-ring (bicyclic) bond motifs is 1. The highest BCUT2D eigenvalue weighted by Crippen LogP contribution is 2.41. The van der Waals surface area contributed by atoms with E-state index in [1.165, 1.54) is 13.1 Å². The van der Waals surface area contributed by atoms with Crippen LogP contribution >= 0.6 is 11.6 Å². The molecular weight excluding hydrogens is 478 g/mol. The zero-order chi connectivity index (χ0) is 24.6. The summed E-state index contributed by atoms with van der Waals surface area (Å²) < 4.78 is 12.0. The first-order chi connectivity index (χ1) is 16.1. The van der Waals surface area contributed by atoms with Crippen LogP contribution < -0.4 is 9.47 Å². The third-order valence-corrected chi connectivity index (χ3v) is 6.07. The van der Waals surface area contributed by atoms with Crippen LogP contribution in [0.4, 0.5) is 0 Å². The number of nitrogens with zero attached hydrogens (tertiary/aromatic N) is 3. The van der Waals surface area contributed by atoms with E-state index < -0.39 is 40.4 Å². The van der Waals surface area contributed by atoms with Crippen LogP contribution in [-0.2, 0) is 25.8 Å². The summed E-state index contributed by atoms with van der Waals surface area (Å²) in [6.07, 6.45) is -2.31. The van der Waals surface area contributed by atoms with E-state index >= 15 is 0 Å². The zero-order valence-electron chi connectivity index (χ0n) is 17.6. The highest BCUT2D eigenvalue weighted by Gasteiger charge is 2.44. The maximum Gasteiger partial charge on any atom is 0.314 e. The molecule has 0 amide bonds. The maximum atomic E-state index is 12.9. The molecule has 1 aliphatic carbocycles. The van der Waals surface area contributed by atoms with Crippen molar-refractivity contribution in [1.82, 2.24) is 0 Å². The van der Waals surface area contributed by atoms with Gasteiger partial charge in [-0.1, -0.05) is 23.7 Å². The van der Waals surface area contributed by atoms with E-state index in [0.717, 1.165) is 5.56 Å². The molecule has 1 aromatic carbocycles. The van der Waals surface area contributed by atoms with E-state index in [2.05, 4.69) is 9.68 Å². The first-order valence-corrected chi connectivity index (χ1v) is 10.5. The molecule has 0 bridgehead atoms. The summed E-state index contributed by atoms with van der Waals surface area (Å²) in [5.41, 5.74) is 1.88. The minimum Gasteiger partial charge on any atom is -0.618 e. The molecule has 4 rings (SSSR count). The lowest BCUT2D eigenvalue weighted by atomic mass is 10.00. The number of carbonyl (C=O) groups is 1. The number of esters is 1. The van der Waals surface area contributed by atoms with Gasteiger partial charge < -0.3 is 24.4 Å². The van der Waals surface area contributed by atoms with Crippen molar-refractivity contribution < 1.29 is 38.8 Å². The average Bonchev–Trinajstić information content (AvgIpc) is 3.35. The van der Waals surface area contributed by atoms with E-state index in [1.54, 1.807) is 24.3 Å². The fourth-order valence-electron chi connectivity index (χ4n) is 4.21. The lowest BCUT2D eigenvalue weighted by Crippen LogP contribution is -2.33. The predicted molar refractivity (Wildman–Crippen MR) is 110 cm³/mol. The second-order valence-electron chi connectivity index (χ2n) is 7.87. The molecule has 34 heavy (non-hydrogen) atoms. The molecule has 13 nitrogen and oxygen atoms in total. The molecule has 1 aromatic heterocycles. The van der Waals surface area contributed by atoms with Gasteiger partial charge in [-0.25, -0.2) is 0 Å². The van der Waals surface area contributed by atoms with Gasteiger partial charge in [-0.3, -0.25) is 4.79 Å². The normalized spacial score (nSPS) is 23.2. The van der Waals surface area contributed by atoms with E-state index in [1.807, 2.05) is 0 Å². The van der Waals surface area contributed by atoms with Crippen LogP contribution in [0.15, 0.2) is 30.5 Å². The SMILES string of the molecule is Cc1c(OC(=O)C2C[C@H](O[N+](=O)[O-])[C@H](O[N+](=O)[O-])C2)c2c(c[n+]1[O-])[C@H](c1ccc(Cl)cc1)OC2. The Labute approximate surface area is 196 Å². The van der Waals surface area contributed by atoms with Crippen molar-refractivity contribution in [3.63, 3.8) is 0 Å². The van der Waals surface area contributed by atoms with Crippen molar-refractivity contribution >= 4 is 17.6 Å². The van der Waals surface area contributed by atoms with Crippen LogP contribution in [0.1, 0.15) is 41.3 Å². The van der Waals surface area contributed by atoms with Gasteiger partial charge in [0.05, 0.1) is 18.1 Å². The molecule has 0 saturated heterocycles. The van der Waals surface area contributed by atoms with Crippen molar-refractivity contribution in [3.8, 4) is 5.75 Å². The highest BCUT2D eigenvalue weighted by atomic mass is 35.5. The second-order valence-corrected chi connectivity index (χ2v) is 8.31. The number of carbonyl (C=O) groups excluding carboxylic acids is 1. The Morgan fingerprint density at radius 2 is 1.71 bits per heavy atom. The zero-order valence-corrected chi connectivity index (χ0v) is 18.4. The average molecular weight is 496 g/mol. The Balaban J connectivity index is 1.58. The molecule has 2 heterocycles. The quantitative estimate of drug-likeness (QED) is 0.183. The largest absolute Gasteiger partial charge is 0.618 e. The Bertz CT molecular complexity index is 1120. The standard InChI is InChI=1S/C20H18ClN3O10/c1-10-18(32-20(25)12-6-16(33-23(27)28)17(7-12)34-24(29)30)15-9-31-19(14(15)8-22(10)26)11-2-4-13(21)5-3-11/h2-5,8,12,16-17,19H,6-7,9H2,1H3/t12?,16-,17+,19-/m0/s1. The number of ether oxygens (including phenoxy) is 2. The van der Waals surface area contributed by atoms with Crippen LogP contribution in [0.5, 0.6) is 5.75 Å². The highest BCUT2D eigenvalue weighted by molar-refractivity contribution is 6.30. The molecular formula is C20H18ClN3O10. The Hall–Kier alpha value is -3.71. The molecule has 0 radical (unpaired) electrons. The first-order valence-electron chi connectivity index (χ1n) is 10.1. The van der Waals surface area contributed by atoms with Gasteiger partial charge in [0.25, 0.3) is 10.2 Å². The van der Waals surface area contributed by atoms with Gasteiger partial charge >= 0.3 is 5.97 Å². The molecule has 180 valence electrons. The molecule has 2 aliphatic rings. The van der Waals surface area contributed by atoms with Gasteiger partial charge in [0.15, 0.2) is 6.20 Å². The summed E-state index contributed by atoms with van der Waals surface area (Å²) in [5.74, 6) is -1.79. The lowest BCUT2D eigenvalue weighted by molar-refractivity contribution is -0.797. The van der Waals surface area contributed by atoms with Crippen LogP contribution in [0.2, 0.25) is 5.02 Å². The molecule has 2 aromatic rings. The molecule has 1 saturated carbocycles. The van der Waals surface area contributed by atoms with Crippen LogP contribution in [0.25, 0.3) is 0 Å². The molecule has 1 aliphatic heterocycles. The van der Waals surface area contributed by atoms with Gasteiger partial charge in [0.1, 0.15) is 18.3 Å². The second kappa shape index (κ2) is 9.27. The van der Waals surface area contributed by atoms with Gasteiger partial charge in [-0.15, -0.1) is 20.2 Å².